The van der Waals surface area contributed by atoms with Gasteiger partial charge in [0.25, 0.3) is 0 Å². The average molecular weight is 468 g/mol. The van der Waals surface area contributed by atoms with Crippen LogP contribution in [0.1, 0.15) is 71.1 Å². The lowest BCUT2D eigenvalue weighted by molar-refractivity contribution is -0.119. The maximum Gasteiger partial charge on any atom is 0.410 e. The van der Waals surface area contributed by atoms with E-state index >= 15 is 0 Å². The summed E-state index contributed by atoms with van der Waals surface area (Å²) in [7, 11) is 0. The second-order valence-corrected chi connectivity index (χ2v) is 10.1. The zero-order chi connectivity index (χ0) is 24.9. The number of aliphatic hydroxyl groups is 1. The number of carbonyl (C=O) groups excluding carboxylic acids is 2. The summed E-state index contributed by atoms with van der Waals surface area (Å²) in [5.41, 5.74) is 1.86. The molecule has 1 aromatic heterocycles. The molecule has 3 rings (SSSR count). The lowest BCUT2D eigenvalue weighted by Crippen LogP contribution is -2.47. The number of rotatable bonds is 7. The molecular weight excluding hydrogens is 430 g/mol. The molecule has 184 valence electrons. The summed E-state index contributed by atoms with van der Waals surface area (Å²) in [5.74, 6) is -0.0295. The van der Waals surface area contributed by atoms with Crippen LogP contribution in [0.25, 0.3) is 0 Å². The van der Waals surface area contributed by atoms with E-state index in [1.807, 2.05) is 65.0 Å². The van der Waals surface area contributed by atoms with Gasteiger partial charge in [-0.05, 0) is 70.2 Å². The van der Waals surface area contributed by atoms with Crippen LogP contribution in [0.15, 0.2) is 48.8 Å². The molecule has 2 amide bonds. The van der Waals surface area contributed by atoms with Crippen LogP contribution in [0.3, 0.4) is 0 Å². The zero-order valence-electron chi connectivity index (χ0n) is 20.8. The molecule has 0 bridgehead atoms. The minimum absolute atomic E-state index is 0.00868. The fourth-order valence-corrected chi connectivity index (χ4v) is 4.24. The fourth-order valence-electron chi connectivity index (χ4n) is 4.24. The molecule has 7 heteroatoms. The second kappa shape index (κ2) is 11.0. The molecule has 1 aliphatic heterocycles. The summed E-state index contributed by atoms with van der Waals surface area (Å²) in [6, 6.07) is 10.9. The Kier molecular flexibility index (Phi) is 8.31. The van der Waals surface area contributed by atoms with E-state index in [2.05, 4.69) is 10.3 Å². The number of aliphatic hydroxyl groups excluding tert-OH is 1. The first-order chi connectivity index (χ1) is 16.1. The van der Waals surface area contributed by atoms with Crippen LogP contribution in [0.2, 0.25) is 0 Å². The molecule has 0 aliphatic carbocycles. The van der Waals surface area contributed by atoms with Gasteiger partial charge in [-0.15, -0.1) is 0 Å². The van der Waals surface area contributed by atoms with Gasteiger partial charge in [-0.2, -0.15) is 0 Å². The molecule has 2 aromatic rings. The molecule has 0 saturated carbocycles. The van der Waals surface area contributed by atoms with Crippen LogP contribution >= 0.6 is 0 Å². The number of ether oxygens (including phenoxy) is 1. The number of carbonyl (C=O) groups is 2. The quantitative estimate of drug-likeness (QED) is 0.590. The topological polar surface area (TPSA) is 91.8 Å². The fraction of sp³-hybridized carbons (Fsp3) is 0.519. The van der Waals surface area contributed by atoms with Crippen molar-refractivity contribution in [3.8, 4) is 0 Å². The molecule has 7 nitrogen and oxygen atoms in total. The molecule has 2 N–H and O–H groups in total. The Labute approximate surface area is 202 Å². The number of nitrogens with zero attached hydrogens (tertiary/aromatic N) is 2. The van der Waals surface area contributed by atoms with Crippen LogP contribution < -0.4 is 5.32 Å². The van der Waals surface area contributed by atoms with Gasteiger partial charge in [0.2, 0.25) is 5.91 Å². The van der Waals surface area contributed by atoms with Crippen molar-refractivity contribution >= 4 is 17.7 Å². The van der Waals surface area contributed by atoms with Crippen LogP contribution in [0, 0.1) is 5.92 Å². The van der Waals surface area contributed by atoms with Crippen LogP contribution in [-0.2, 0) is 16.0 Å². The van der Waals surface area contributed by atoms with Crippen molar-refractivity contribution in [1.82, 2.24) is 9.88 Å². The Morgan fingerprint density at radius 1 is 1.21 bits per heavy atom. The lowest BCUT2D eigenvalue weighted by Gasteiger charge is -2.34. The highest BCUT2D eigenvalue weighted by Crippen LogP contribution is 2.35. The van der Waals surface area contributed by atoms with E-state index in [9.17, 15) is 14.7 Å². The van der Waals surface area contributed by atoms with Gasteiger partial charge in [-0.1, -0.05) is 32.0 Å². The third-order valence-corrected chi connectivity index (χ3v) is 6.29. The van der Waals surface area contributed by atoms with E-state index in [1.165, 1.54) is 0 Å². The number of likely N-dealkylation sites (tertiary alicyclic amines) is 1. The standard InChI is InChI=1S/C27H37N3O4/c1-6-18(2)25(32)29-21-11-9-19(10-12-21)16-22-13-14-23(24(31)20-8-7-15-28-17-20)30(22)26(33)34-27(3,4)5/h7-12,15,17-18,22-24,31H,6,13-14,16H2,1-5H3,(H,29,32)/t18-,22-,23+,24+/m0/s1. The molecule has 2 heterocycles. The molecule has 1 aromatic carbocycles. The Balaban J connectivity index is 1.76. The van der Waals surface area contributed by atoms with Crippen molar-refractivity contribution < 1.29 is 19.4 Å². The number of pyridine rings is 1. The van der Waals surface area contributed by atoms with E-state index in [4.69, 9.17) is 4.74 Å². The van der Waals surface area contributed by atoms with Gasteiger partial charge in [-0.3, -0.25) is 14.7 Å². The molecule has 0 unspecified atom stereocenters. The molecule has 1 saturated heterocycles. The highest BCUT2D eigenvalue weighted by Gasteiger charge is 2.43. The van der Waals surface area contributed by atoms with E-state index in [1.54, 1.807) is 23.4 Å². The van der Waals surface area contributed by atoms with E-state index in [0.717, 1.165) is 24.1 Å². The Bertz CT molecular complexity index is 956. The largest absolute Gasteiger partial charge is 0.444 e. The highest BCUT2D eigenvalue weighted by atomic mass is 16.6. The van der Waals surface area contributed by atoms with Gasteiger partial charge in [0.1, 0.15) is 11.7 Å². The smallest absolute Gasteiger partial charge is 0.410 e. The molecular formula is C27H37N3O4. The molecule has 1 aliphatic rings. The van der Waals surface area contributed by atoms with Gasteiger partial charge in [0.05, 0.1) is 6.04 Å². The Morgan fingerprint density at radius 2 is 1.91 bits per heavy atom. The summed E-state index contributed by atoms with van der Waals surface area (Å²) in [6.07, 6.45) is 4.89. The van der Waals surface area contributed by atoms with Gasteiger partial charge in [0.15, 0.2) is 0 Å². The molecule has 0 spiro atoms. The van der Waals surface area contributed by atoms with E-state index in [0.29, 0.717) is 18.4 Å². The van der Waals surface area contributed by atoms with Crippen molar-refractivity contribution in [3.63, 3.8) is 0 Å². The number of anilines is 1. The van der Waals surface area contributed by atoms with Gasteiger partial charge >= 0.3 is 6.09 Å². The highest BCUT2D eigenvalue weighted by molar-refractivity contribution is 5.92. The summed E-state index contributed by atoms with van der Waals surface area (Å²) in [6.45, 7) is 9.42. The first-order valence-electron chi connectivity index (χ1n) is 12.1. The number of benzene rings is 1. The van der Waals surface area contributed by atoms with Gasteiger partial charge in [-0.25, -0.2) is 4.79 Å². The summed E-state index contributed by atoms with van der Waals surface area (Å²) in [5, 5.41) is 14.0. The first-order valence-corrected chi connectivity index (χ1v) is 12.1. The Morgan fingerprint density at radius 3 is 2.50 bits per heavy atom. The molecule has 34 heavy (non-hydrogen) atoms. The first kappa shape index (κ1) is 25.7. The maximum atomic E-state index is 13.2. The second-order valence-electron chi connectivity index (χ2n) is 10.1. The summed E-state index contributed by atoms with van der Waals surface area (Å²) < 4.78 is 5.71. The minimum atomic E-state index is -0.843. The molecule has 1 fully saturated rings. The van der Waals surface area contributed by atoms with Gasteiger partial charge < -0.3 is 15.2 Å². The van der Waals surface area contributed by atoms with Crippen LogP contribution in [-0.4, -0.2) is 44.7 Å². The SMILES string of the molecule is CC[C@H](C)C(=O)Nc1ccc(C[C@@H]2CC[C@H]([C@H](O)c3cccnc3)N2C(=O)OC(C)(C)C)cc1. The zero-order valence-corrected chi connectivity index (χ0v) is 20.8. The van der Waals surface area contributed by atoms with Crippen molar-refractivity contribution in [2.75, 3.05) is 5.32 Å². The van der Waals surface area contributed by atoms with Crippen LogP contribution in [0.4, 0.5) is 10.5 Å². The molecule has 0 radical (unpaired) electrons. The minimum Gasteiger partial charge on any atom is -0.444 e. The van der Waals surface area contributed by atoms with Crippen molar-refractivity contribution in [2.45, 2.75) is 84.1 Å². The maximum absolute atomic E-state index is 13.2. The van der Waals surface area contributed by atoms with Crippen LogP contribution in [0.5, 0.6) is 0 Å². The monoisotopic (exact) mass is 467 g/mol. The third kappa shape index (κ3) is 6.56. The number of hydrogen-bond acceptors (Lipinski definition) is 5. The van der Waals surface area contributed by atoms with Gasteiger partial charge in [0, 0.05) is 35.6 Å². The Hall–Kier alpha value is -2.93. The number of amides is 2. The predicted octanol–water partition coefficient (Wildman–Crippen LogP) is 5.11. The van der Waals surface area contributed by atoms with E-state index in [-0.39, 0.29) is 17.9 Å². The predicted molar refractivity (Wildman–Crippen MR) is 132 cm³/mol. The average Bonchev–Trinajstić information content (AvgIpc) is 3.22. The molecule has 4 atom stereocenters. The lowest BCUT2D eigenvalue weighted by atomic mass is 10.0. The summed E-state index contributed by atoms with van der Waals surface area (Å²) >= 11 is 0. The number of aromatic nitrogens is 1. The normalized spacial score (nSPS) is 20.0. The van der Waals surface area contributed by atoms with E-state index < -0.39 is 23.8 Å². The summed E-state index contributed by atoms with van der Waals surface area (Å²) in [4.78, 5) is 31.2. The number of hydrogen-bond donors (Lipinski definition) is 2. The number of nitrogens with one attached hydrogen (secondary N) is 1. The van der Waals surface area contributed by atoms with Crippen molar-refractivity contribution in [1.29, 1.82) is 0 Å². The van der Waals surface area contributed by atoms with Crippen molar-refractivity contribution in [3.05, 3.63) is 59.9 Å². The van der Waals surface area contributed by atoms with Crippen molar-refractivity contribution in [2.24, 2.45) is 5.92 Å². The third-order valence-electron chi connectivity index (χ3n) is 6.29.